The Morgan fingerprint density at radius 2 is 2.27 bits per heavy atom. The molecule has 132 valence electrons. The van der Waals surface area contributed by atoms with Crippen LogP contribution in [0, 0.1) is 18.3 Å². The molecule has 0 aliphatic carbocycles. The molecule has 0 fully saturated rings. The minimum absolute atomic E-state index is 0.155. The Bertz CT molecular complexity index is 972. The maximum absolute atomic E-state index is 12.0. The fraction of sp³-hybridized carbons (Fsp3) is 0.222. The third kappa shape index (κ3) is 3.60. The van der Waals surface area contributed by atoms with E-state index in [0.717, 1.165) is 16.8 Å². The van der Waals surface area contributed by atoms with Gasteiger partial charge in [-0.05, 0) is 31.5 Å². The van der Waals surface area contributed by atoms with E-state index < -0.39 is 0 Å². The van der Waals surface area contributed by atoms with Crippen LogP contribution in [0.15, 0.2) is 41.5 Å². The lowest BCUT2D eigenvalue weighted by molar-refractivity contribution is 0.0931. The largest absolute Gasteiger partial charge is 0.451 e. The fourth-order valence-corrected chi connectivity index (χ4v) is 2.81. The molecule has 0 aliphatic heterocycles. The molecule has 0 bridgehead atoms. The number of nitrogens with zero attached hydrogens (tertiary/aromatic N) is 4. The number of nitrogens with one attached hydrogen (secondary N) is 1. The van der Waals surface area contributed by atoms with Crippen LogP contribution in [-0.2, 0) is 6.54 Å². The van der Waals surface area contributed by atoms with E-state index in [1.165, 1.54) is 12.7 Å². The molecule has 0 saturated heterocycles. The van der Waals surface area contributed by atoms with Crippen molar-refractivity contribution in [3.63, 3.8) is 0 Å². The molecule has 1 unspecified atom stereocenters. The summed E-state index contributed by atoms with van der Waals surface area (Å²) in [6.45, 7) is 4.23. The normalized spacial score (nSPS) is 11.8. The number of hydrogen-bond donors (Lipinski definition) is 1. The molecular weight excluding hydrogens is 354 g/mol. The maximum atomic E-state index is 12.0. The van der Waals surface area contributed by atoms with Crippen LogP contribution in [0.1, 0.15) is 28.5 Å². The third-order valence-corrected chi connectivity index (χ3v) is 4.41. The molecule has 8 heteroatoms. The number of nitriles is 1. The minimum Gasteiger partial charge on any atom is -0.451 e. The topological polar surface area (TPSA) is 96.7 Å². The Hall–Kier alpha value is -3.11. The van der Waals surface area contributed by atoms with Gasteiger partial charge >= 0.3 is 0 Å². The Labute approximate surface area is 155 Å². The van der Waals surface area contributed by atoms with Crippen molar-refractivity contribution in [2.24, 2.45) is 0 Å². The Balaban J connectivity index is 1.71. The molecule has 1 atom stereocenters. The third-order valence-electron chi connectivity index (χ3n) is 3.93. The molecule has 0 aliphatic rings. The standard InChI is InChI=1S/C18H16ClN5O2/c1-11(22-18(25)16-9-26-10-21-16)8-24-6-5-15(23-24)14-4-3-13(7-20)17(19)12(14)2/h3-6,9-11H,8H2,1-2H3,(H,22,25). The lowest BCUT2D eigenvalue weighted by atomic mass is 10.0. The summed E-state index contributed by atoms with van der Waals surface area (Å²) in [5, 5.41) is 16.9. The van der Waals surface area contributed by atoms with Gasteiger partial charge in [0.2, 0.25) is 0 Å². The van der Waals surface area contributed by atoms with Gasteiger partial charge in [0.25, 0.3) is 5.91 Å². The number of carbonyl (C=O) groups is 1. The summed E-state index contributed by atoms with van der Waals surface area (Å²) >= 11 is 6.23. The molecule has 0 spiro atoms. The molecule has 7 nitrogen and oxygen atoms in total. The number of oxazole rings is 1. The highest BCUT2D eigenvalue weighted by Gasteiger charge is 2.15. The summed E-state index contributed by atoms with van der Waals surface area (Å²) < 4.78 is 6.55. The van der Waals surface area contributed by atoms with Crippen LogP contribution in [0.5, 0.6) is 0 Å². The summed E-state index contributed by atoms with van der Waals surface area (Å²) in [5.74, 6) is -0.298. The first kappa shape index (κ1) is 17.7. The van der Waals surface area contributed by atoms with Crippen LogP contribution in [0.4, 0.5) is 0 Å². The summed E-state index contributed by atoms with van der Waals surface area (Å²) in [5.41, 5.74) is 3.11. The van der Waals surface area contributed by atoms with E-state index in [4.69, 9.17) is 21.3 Å². The Kier molecular flexibility index (Phi) is 5.05. The van der Waals surface area contributed by atoms with Gasteiger partial charge in [-0.25, -0.2) is 4.98 Å². The van der Waals surface area contributed by atoms with Crippen LogP contribution in [0.3, 0.4) is 0 Å². The van der Waals surface area contributed by atoms with Gasteiger partial charge in [-0.15, -0.1) is 0 Å². The van der Waals surface area contributed by atoms with Gasteiger partial charge in [-0.3, -0.25) is 9.48 Å². The molecule has 26 heavy (non-hydrogen) atoms. The van der Waals surface area contributed by atoms with Gasteiger partial charge in [0, 0.05) is 17.8 Å². The van der Waals surface area contributed by atoms with E-state index in [2.05, 4.69) is 21.5 Å². The van der Waals surface area contributed by atoms with Crippen LogP contribution in [0.2, 0.25) is 5.02 Å². The average Bonchev–Trinajstić information content (AvgIpc) is 3.29. The number of hydrogen-bond acceptors (Lipinski definition) is 5. The molecular formula is C18H16ClN5O2. The van der Waals surface area contributed by atoms with Crippen molar-refractivity contribution in [2.45, 2.75) is 26.4 Å². The molecule has 0 radical (unpaired) electrons. The second-order valence-electron chi connectivity index (χ2n) is 5.88. The first-order valence-corrected chi connectivity index (χ1v) is 8.29. The first-order valence-electron chi connectivity index (χ1n) is 7.91. The van der Waals surface area contributed by atoms with Crippen molar-refractivity contribution in [3.8, 4) is 17.3 Å². The smallest absolute Gasteiger partial charge is 0.273 e. The quantitative estimate of drug-likeness (QED) is 0.744. The van der Waals surface area contributed by atoms with E-state index >= 15 is 0 Å². The molecule has 2 aromatic heterocycles. The van der Waals surface area contributed by atoms with Gasteiger partial charge in [-0.1, -0.05) is 17.7 Å². The van der Waals surface area contributed by atoms with Crippen molar-refractivity contribution in [3.05, 3.63) is 58.9 Å². The molecule has 2 heterocycles. The zero-order valence-electron chi connectivity index (χ0n) is 14.2. The summed E-state index contributed by atoms with van der Waals surface area (Å²) in [6.07, 6.45) is 4.34. The zero-order valence-corrected chi connectivity index (χ0v) is 15.0. The zero-order chi connectivity index (χ0) is 18.7. The Morgan fingerprint density at radius 3 is 2.96 bits per heavy atom. The fourth-order valence-electron chi connectivity index (χ4n) is 2.60. The second-order valence-corrected chi connectivity index (χ2v) is 6.26. The molecule has 0 saturated carbocycles. The average molecular weight is 370 g/mol. The van der Waals surface area contributed by atoms with Crippen LogP contribution in [-0.4, -0.2) is 26.7 Å². The number of benzene rings is 1. The number of carbonyl (C=O) groups excluding carboxylic acids is 1. The number of halogens is 1. The van der Waals surface area contributed by atoms with Gasteiger partial charge in [0.1, 0.15) is 12.3 Å². The van der Waals surface area contributed by atoms with Gasteiger partial charge in [-0.2, -0.15) is 10.4 Å². The van der Waals surface area contributed by atoms with Crippen molar-refractivity contribution in [1.82, 2.24) is 20.1 Å². The molecule has 1 aromatic carbocycles. The molecule has 1 amide bonds. The molecule has 3 aromatic rings. The number of amides is 1. The van der Waals surface area contributed by atoms with Crippen molar-refractivity contribution in [2.75, 3.05) is 0 Å². The lowest BCUT2D eigenvalue weighted by Crippen LogP contribution is -2.36. The van der Waals surface area contributed by atoms with Crippen LogP contribution >= 0.6 is 11.6 Å². The van der Waals surface area contributed by atoms with Gasteiger partial charge in [0.15, 0.2) is 12.1 Å². The van der Waals surface area contributed by atoms with E-state index in [9.17, 15) is 4.79 Å². The van der Waals surface area contributed by atoms with E-state index in [1.54, 1.807) is 10.7 Å². The maximum Gasteiger partial charge on any atom is 0.273 e. The predicted molar refractivity (Wildman–Crippen MR) is 95.6 cm³/mol. The van der Waals surface area contributed by atoms with Crippen LogP contribution < -0.4 is 5.32 Å². The predicted octanol–water partition coefficient (Wildman–Crippen LogP) is 3.19. The number of aromatic nitrogens is 3. The lowest BCUT2D eigenvalue weighted by Gasteiger charge is -2.13. The Morgan fingerprint density at radius 1 is 1.46 bits per heavy atom. The van der Waals surface area contributed by atoms with E-state index in [0.29, 0.717) is 17.1 Å². The second kappa shape index (κ2) is 7.42. The van der Waals surface area contributed by atoms with Crippen LogP contribution in [0.25, 0.3) is 11.3 Å². The SMILES string of the molecule is Cc1c(-c2ccn(CC(C)NC(=O)c3cocn3)n2)ccc(C#N)c1Cl. The first-order chi connectivity index (χ1) is 12.5. The highest BCUT2D eigenvalue weighted by Crippen LogP contribution is 2.29. The highest BCUT2D eigenvalue weighted by molar-refractivity contribution is 6.32. The van der Waals surface area contributed by atoms with Gasteiger partial charge in [0.05, 0.1) is 22.8 Å². The van der Waals surface area contributed by atoms with Gasteiger partial charge < -0.3 is 9.73 Å². The van der Waals surface area contributed by atoms with E-state index in [1.807, 2.05) is 32.2 Å². The summed E-state index contributed by atoms with van der Waals surface area (Å²) in [7, 11) is 0. The molecule has 1 N–H and O–H groups in total. The number of rotatable bonds is 5. The molecule has 3 rings (SSSR count). The van der Waals surface area contributed by atoms with E-state index in [-0.39, 0.29) is 17.6 Å². The summed E-state index contributed by atoms with van der Waals surface area (Å²) in [4.78, 5) is 15.8. The van der Waals surface area contributed by atoms with Crippen molar-refractivity contribution >= 4 is 17.5 Å². The monoisotopic (exact) mass is 369 g/mol. The summed E-state index contributed by atoms with van der Waals surface area (Å²) in [6, 6.07) is 7.30. The van der Waals surface area contributed by atoms with Crippen molar-refractivity contribution in [1.29, 1.82) is 5.26 Å². The highest BCUT2D eigenvalue weighted by atomic mass is 35.5. The van der Waals surface area contributed by atoms with Crippen molar-refractivity contribution < 1.29 is 9.21 Å². The minimum atomic E-state index is -0.298.